The Labute approximate surface area is 70.6 Å². The molecule has 1 heterocycles. The molecule has 0 atom stereocenters. The summed E-state index contributed by atoms with van der Waals surface area (Å²) in [6, 6.07) is 3.35. The second-order valence-corrected chi connectivity index (χ2v) is 2.15. The van der Waals surface area contributed by atoms with E-state index >= 15 is 0 Å². The monoisotopic (exact) mass is 160 g/mol. The predicted octanol–water partition coefficient (Wildman–Crippen LogP) is 0.604. The van der Waals surface area contributed by atoms with Gasteiger partial charge in [-0.25, -0.2) is 4.98 Å². The SMILES string of the molecule is Nc1ccnc(C#CCC=O)c1. The number of rotatable bonds is 1. The molecule has 0 fully saturated rings. The lowest BCUT2D eigenvalue weighted by atomic mass is 10.3. The molecule has 0 aliphatic rings. The first-order valence-corrected chi connectivity index (χ1v) is 3.47. The third-order valence-electron chi connectivity index (χ3n) is 1.19. The highest BCUT2D eigenvalue weighted by atomic mass is 16.1. The van der Waals surface area contributed by atoms with Crippen molar-refractivity contribution in [2.45, 2.75) is 6.42 Å². The van der Waals surface area contributed by atoms with Gasteiger partial charge in [0.1, 0.15) is 12.0 Å². The zero-order valence-electron chi connectivity index (χ0n) is 6.45. The number of nitrogens with two attached hydrogens (primary N) is 1. The van der Waals surface area contributed by atoms with E-state index in [-0.39, 0.29) is 6.42 Å². The van der Waals surface area contributed by atoms with E-state index in [2.05, 4.69) is 16.8 Å². The Morgan fingerprint density at radius 3 is 3.17 bits per heavy atom. The van der Waals surface area contributed by atoms with E-state index < -0.39 is 0 Å². The topological polar surface area (TPSA) is 56.0 Å². The van der Waals surface area contributed by atoms with Crippen LogP contribution in [-0.4, -0.2) is 11.3 Å². The van der Waals surface area contributed by atoms with Crippen LogP contribution < -0.4 is 5.73 Å². The Hall–Kier alpha value is -1.82. The fourth-order valence-corrected chi connectivity index (χ4v) is 0.699. The van der Waals surface area contributed by atoms with Crippen LogP contribution in [0.1, 0.15) is 12.1 Å². The molecule has 3 nitrogen and oxygen atoms in total. The molecule has 0 bridgehead atoms. The van der Waals surface area contributed by atoms with E-state index in [9.17, 15) is 4.79 Å². The predicted molar refractivity (Wildman–Crippen MR) is 46.2 cm³/mol. The molecule has 0 amide bonds. The van der Waals surface area contributed by atoms with Crippen molar-refractivity contribution in [1.29, 1.82) is 0 Å². The van der Waals surface area contributed by atoms with Crippen LogP contribution in [0.5, 0.6) is 0 Å². The zero-order chi connectivity index (χ0) is 8.81. The lowest BCUT2D eigenvalue weighted by Gasteiger charge is -1.90. The molecular weight excluding hydrogens is 152 g/mol. The highest BCUT2D eigenvalue weighted by Gasteiger charge is 1.87. The van der Waals surface area contributed by atoms with Crippen LogP contribution in [0.4, 0.5) is 5.69 Å². The third kappa shape index (κ3) is 2.43. The molecular formula is C9H8N2O. The second kappa shape index (κ2) is 4.14. The molecule has 0 aromatic carbocycles. The molecule has 0 aliphatic carbocycles. The van der Waals surface area contributed by atoms with E-state index in [1.54, 1.807) is 18.3 Å². The van der Waals surface area contributed by atoms with Crippen LogP contribution in [0.2, 0.25) is 0 Å². The summed E-state index contributed by atoms with van der Waals surface area (Å²) in [5, 5.41) is 0. The van der Waals surface area contributed by atoms with Gasteiger partial charge in [0.2, 0.25) is 0 Å². The molecule has 1 rings (SSSR count). The van der Waals surface area contributed by atoms with Gasteiger partial charge in [0.15, 0.2) is 0 Å². The lowest BCUT2D eigenvalue weighted by Crippen LogP contribution is -1.87. The van der Waals surface area contributed by atoms with Gasteiger partial charge >= 0.3 is 0 Å². The maximum absolute atomic E-state index is 9.91. The summed E-state index contributed by atoms with van der Waals surface area (Å²) in [4.78, 5) is 13.9. The van der Waals surface area contributed by atoms with Crippen molar-refractivity contribution in [2.75, 3.05) is 5.73 Å². The summed E-state index contributed by atoms with van der Waals surface area (Å²) in [5.74, 6) is 5.36. The average molecular weight is 160 g/mol. The Morgan fingerprint density at radius 1 is 1.67 bits per heavy atom. The number of hydrogen-bond donors (Lipinski definition) is 1. The lowest BCUT2D eigenvalue weighted by molar-refractivity contribution is -0.107. The van der Waals surface area contributed by atoms with E-state index in [0.717, 1.165) is 6.29 Å². The molecule has 60 valence electrons. The van der Waals surface area contributed by atoms with Crippen molar-refractivity contribution in [3.05, 3.63) is 24.0 Å². The summed E-state index contributed by atoms with van der Waals surface area (Å²) in [6.45, 7) is 0. The van der Waals surface area contributed by atoms with Gasteiger partial charge in [-0.05, 0) is 18.1 Å². The Morgan fingerprint density at radius 2 is 2.50 bits per heavy atom. The van der Waals surface area contributed by atoms with Crippen molar-refractivity contribution in [3.8, 4) is 11.8 Å². The number of aromatic nitrogens is 1. The van der Waals surface area contributed by atoms with Gasteiger partial charge in [-0.1, -0.05) is 5.92 Å². The van der Waals surface area contributed by atoms with E-state index in [4.69, 9.17) is 5.73 Å². The summed E-state index contributed by atoms with van der Waals surface area (Å²) >= 11 is 0. The minimum atomic E-state index is 0.233. The highest BCUT2D eigenvalue weighted by molar-refractivity contribution is 5.55. The van der Waals surface area contributed by atoms with Gasteiger partial charge in [0.05, 0.1) is 6.42 Å². The number of nitrogen functional groups attached to an aromatic ring is 1. The van der Waals surface area contributed by atoms with Crippen LogP contribution in [0, 0.1) is 11.8 Å². The fraction of sp³-hybridized carbons (Fsp3) is 0.111. The van der Waals surface area contributed by atoms with Gasteiger partial charge in [-0.3, -0.25) is 0 Å². The number of carbonyl (C=O) groups is 1. The summed E-state index contributed by atoms with van der Waals surface area (Å²) in [5.41, 5.74) is 6.71. The molecule has 12 heavy (non-hydrogen) atoms. The highest BCUT2D eigenvalue weighted by Crippen LogP contribution is 2.00. The zero-order valence-corrected chi connectivity index (χ0v) is 6.45. The normalized spacial score (nSPS) is 8.33. The van der Waals surface area contributed by atoms with Crippen molar-refractivity contribution >= 4 is 12.0 Å². The first-order valence-electron chi connectivity index (χ1n) is 3.47. The van der Waals surface area contributed by atoms with Gasteiger partial charge in [0.25, 0.3) is 0 Å². The molecule has 0 radical (unpaired) electrons. The molecule has 0 aliphatic heterocycles. The van der Waals surface area contributed by atoms with Crippen molar-refractivity contribution in [3.63, 3.8) is 0 Å². The molecule has 0 unspecified atom stereocenters. The Balaban J connectivity index is 2.77. The van der Waals surface area contributed by atoms with Crippen LogP contribution in [0.3, 0.4) is 0 Å². The molecule has 0 saturated heterocycles. The quantitative estimate of drug-likeness (QED) is 0.483. The van der Waals surface area contributed by atoms with Gasteiger partial charge in [-0.2, -0.15) is 0 Å². The summed E-state index contributed by atoms with van der Waals surface area (Å²) in [6.07, 6.45) is 2.57. The largest absolute Gasteiger partial charge is 0.399 e. The molecule has 1 aromatic rings. The van der Waals surface area contributed by atoms with Crippen LogP contribution in [0.15, 0.2) is 18.3 Å². The number of aldehydes is 1. The Kier molecular flexibility index (Phi) is 2.86. The van der Waals surface area contributed by atoms with E-state index in [1.807, 2.05) is 0 Å². The first-order chi connectivity index (χ1) is 5.83. The van der Waals surface area contributed by atoms with Crippen LogP contribution in [-0.2, 0) is 4.79 Å². The maximum Gasteiger partial charge on any atom is 0.131 e. The average Bonchev–Trinajstić information content (AvgIpc) is 2.05. The molecule has 1 aromatic heterocycles. The standard InChI is InChI=1S/C9H8N2O/c10-8-4-5-11-9(7-8)3-1-2-6-12/h4-7H,2H2,(H2,10,11). The summed E-state index contributed by atoms with van der Waals surface area (Å²) in [7, 11) is 0. The minimum Gasteiger partial charge on any atom is -0.399 e. The third-order valence-corrected chi connectivity index (χ3v) is 1.19. The Bertz CT molecular complexity index is 336. The van der Waals surface area contributed by atoms with Crippen molar-refractivity contribution < 1.29 is 4.79 Å². The summed E-state index contributed by atoms with van der Waals surface area (Å²) < 4.78 is 0. The number of nitrogens with zero attached hydrogens (tertiary/aromatic N) is 1. The number of hydrogen-bond acceptors (Lipinski definition) is 3. The molecule has 2 N–H and O–H groups in total. The first kappa shape index (κ1) is 8.28. The van der Waals surface area contributed by atoms with E-state index in [1.165, 1.54) is 0 Å². The van der Waals surface area contributed by atoms with Gasteiger partial charge in [-0.15, -0.1) is 0 Å². The van der Waals surface area contributed by atoms with Crippen LogP contribution >= 0.6 is 0 Å². The minimum absolute atomic E-state index is 0.233. The molecule has 0 saturated carbocycles. The van der Waals surface area contributed by atoms with Gasteiger partial charge < -0.3 is 10.5 Å². The number of carbonyl (C=O) groups excluding carboxylic acids is 1. The number of anilines is 1. The smallest absolute Gasteiger partial charge is 0.131 e. The van der Waals surface area contributed by atoms with Crippen molar-refractivity contribution in [1.82, 2.24) is 4.98 Å². The number of pyridine rings is 1. The molecule has 3 heteroatoms. The van der Waals surface area contributed by atoms with E-state index in [0.29, 0.717) is 11.4 Å². The molecule has 0 spiro atoms. The maximum atomic E-state index is 9.91. The second-order valence-electron chi connectivity index (χ2n) is 2.15. The van der Waals surface area contributed by atoms with Crippen LogP contribution in [0.25, 0.3) is 0 Å². The van der Waals surface area contributed by atoms with Gasteiger partial charge in [0, 0.05) is 11.9 Å². The van der Waals surface area contributed by atoms with Crippen molar-refractivity contribution in [2.24, 2.45) is 0 Å². The fourth-order valence-electron chi connectivity index (χ4n) is 0.699.